The van der Waals surface area contributed by atoms with Crippen LogP contribution in [0.2, 0.25) is 0 Å². The average molecular weight is 304 g/mol. The molecular weight excluding hydrogens is 280 g/mol. The zero-order chi connectivity index (χ0) is 15.8. The van der Waals surface area contributed by atoms with Gasteiger partial charge < -0.3 is 10.2 Å². The Kier molecular flexibility index (Phi) is 4.53. The number of sulfone groups is 1. The van der Waals surface area contributed by atoms with Gasteiger partial charge in [0, 0.05) is 12.8 Å². The number of carbonyl (C=O) groups excluding carboxylic acids is 2. The highest BCUT2D eigenvalue weighted by Gasteiger charge is 2.52. The molecule has 2 atom stereocenters. The molecule has 0 aromatic heterocycles. The van der Waals surface area contributed by atoms with Crippen molar-refractivity contribution in [3.8, 4) is 0 Å². The fourth-order valence-corrected chi connectivity index (χ4v) is 2.79. The number of amides is 2. The van der Waals surface area contributed by atoms with E-state index in [4.69, 9.17) is 0 Å². The van der Waals surface area contributed by atoms with Gasteiger partial charge in [-0.05, 0) is 26.7 Å². The van der Waals surface area contributed by atoms with Gasteiger partial charge in [-0.2, -0.15) is 0 Å². The standard InChI is InChI=1S/C13H24N2O4S/c1-6-12(3)11(17)15(8-9-20(5,18)19)13(4,7-2)10(16)14-12/h6-9H2,1-5H3,(H,14,16). The maximum absolute atomic E-state index is 12.6. The van der Waals surface area contributed by atoms with Crippen LogP contribution in [0.4, 0.5) is 0 Å². The van der Waals surface area contributed by atoms with Crippen LogP contribution < -0.4 is 5.32 Å². The van der Waals surface area contributed by atoms with Crippen molar-refractivity contribution in [3.63, 3.8) is 0 Å². The predicted molar refractivity (Wildman–Crippen MR) is 77.0 cm³/mol. The van der Waals surface area contributed by atoms with E-state index in [0.717, 1.165) is 6.26 Å². The summed E-state index contributed by atoms with van der Waals surface area (Å²) >= 11 is 0. The van der Waals surface area contributed by atoms with E-state index in [9.17, 15) is 18.0 Å². The Bertz CT molecular complexity index is 516. The smallest absolute Gasteiger partial charge is 0.248 e. The first-order valence-corrected chi connectivity index (χ1v) is 8.88. The molecule has 1 aliphatic heterocycles. The molecule has 0 aliphatic carbocycles. The first-order chi connectivity index (χ1) is 9.00. The summed E-state index contributed by atoms with van der Waals surface area (Å²) in [6.07, 6.45) is 2.03. The normalized spacial score (nSPS) is 31.4. The summed E-state index contributed by atoms with van der Waals surface area (Å²) in [5.74, 6) is -0.577. The fourth-order valence-electron chi connectivity index (χ4n) is 2.28. The van der Waals surface area contributed by atoms with Crippen molar-refractivity contribution in [2.45, 2.75) is 51.6 Å². The summed E-state index contributed by atoms with van der Waals surface area (Å²) in [5.41, 5.74) is -1.94. The number of rotatable bonds is 5. The number of piperazine rings is 1. The molecule has 1 aliphatic rings. The number of hydrogen-bond donors (Lipinski definition) is 1. The van der Waals surface area contributed by atoms with Gasteiger partial charge in [-0.15, -0.1) is 0 Å². The van der Waals surface area contributed by atoms with Crippen LogP contribution in [0.3, 0.4) is 0 Å². The molecule has 0 radical (unpaired) electrons. The van der Waals surface area contributed by atoms with E-state index >= 15 is 0 Å². The van der Waals surface area contributed by atoms with Gasteiger partial charge in [-0.1, -0.05) is 13.8 Å². The molecule has 1 saturated heterocycles. The van der Waals surface area contributed by atoms with Crippen LogP contribution in [0.5, 0.6) is 0 Å². The lowest BCUT2D eigenvalue weighted by molar-refractivity contribution is -0.161. The van der Waals surface area contributed by atoms with Gasteiger partial charge in [-0.25, -0.2) is 8.42 Å². The van der Waals surface area contributed by atoms with Crippen LogP contribution in [0, 0.1) is 0 Å². The van der Waals surface area contributed by atoms with E-state index in [1.807, 2.05) is 13.8 Å². The van der Waals surface area contributed by atoms with Crippen LogP contribution in [0.1, 0.15) is 40.5 Å². The lowest BCUT2D eigenvalue weighted by Crippen LogP contribution is -2.74. The minimum Gasteiger partial charge on any atom is -0.340 e. The number of hydrogen-bond acceptors (Lipinski definition) is 4. The fraction of sp³-hybridized carbons (Fsp3) is 0.846. The van der Waals surface area contributed by atoms with Crippen LogP contribution in [0.15, 0.2) is 0 Å². The van der Waals surface area contributed by atoms with E-state index in [2.05, 4.69) is 5.32 Å². The van der Waals surface area contributed by atoms with E-state index in [1.54, 1.807) is 13.8 Å². The molecule has 2 unspecified atom stereocenters. The SMILES string of the molecule is CCC1(C)NC(=O)C(C)(CC)N(CCS(C)(=O)=O)C1=O. The van der Waals surface area contributed by atoms with E-state index in [0.29, 0.717) is 12.8 Å². The molecular formula is C13H24N2O4S. The molecule has 2 amide bonds. The third-order valence-corrected chi connectivity index (χ3v) is 5.20. The number of nitrogens with zero attached hydrogens (tertiary/aromatic N) is 1. The lowest BCUT2D eigenvalue weighted by atomic mass is 9.84. The first-order valence-electron chi connectivity index (χ1n) is 6.82. The van der Waals surface area contributed by atoms with E-state index < -0.39 is 20.9 Å². The highest BCUT2D eigenvalue weighted by atomic mass is 32.2. The van der Waals surface area contributed by atoms with Gasteiger partial charge in [0.15, 0.2) is 0 Å². The van der Waals surface area contributed by atoms with E-state index in [1.165, 1.54) is 4.90 Å². The van der Waals surface area contributed by atoms with Gasteiger partial charge >= 0.3 is 0 Å². The Morgan fingerprint density at radius 1 is 1.15 bits per heavy atom. The minimum atomic E-state index is -3.19. The van der Waals surface area contributed by atoms with Gasteiger partial charge in [0.05, 0.1) is 5.75 Å². The van der Waals surface area contributed by atoms with Crippen LogP contribution >= 0.6 is 0 Å². The van der Waals surface area contributed by atoms with Crippen molar-refractivity contribution in [2.24, 2.45) is 0 Å². The highest BCUT2D eigenvalue weighted by molar-refractivity contribution is 7.90. The van der Waals surface area contributed by atoms with Crippen molar-refractivity contribution in [1.82, 2.24) is 10.2 Å². The molecule has 116 valence electrons. The molecule has 0 aromatic rings. The van der Waals surface area contributed by atoms with Crippen molar-refractivity contribution in [1.29, 1.82) is 0 Å². The number of carbonyl (C=O) groups is 2. The summed E-state index contributed by atoms with van der Waals surface area (Å²) in [6.45, 7) is 7.04. The molecule has 0 spiro atoms. The summed E-state index contributed by atoms with van der Waals surface area (Å²) in [4.78, 5) is 26.4. The zero-order valence-electron chi connectivity index (χ0n) is 12.8. The van der Waals surface area contributed by atoms with Crippen molar-refractivity contribution < 1.29 is 18.0 Å². The molecule has 0 bridgehead atoms. The Morgan fingerprint density at radius 2 is 1.70 bits per heavy atom. The Balaban J connectivity index is 3.16. The summed E-state index contributed by atoms with van der Waals surface area (Å²) < 4.78 is 22.7. The lowest BCUT2D eigenvalue weighted by Gasteiger charge is -2.49. The molecule has 7 heteroatoms. The van der Waals surface area contributed by atoms with Gasteiger partial charge in [-0.3, -0.25) is 9.59 Å². The van der Waals surface area contributed by atoms with Gasteiger partial charge in [0.1, 0.15) is 20.9 Å². The Hall–Kier alpha value is -1.11. The summed E-state index contributed by atoms with van der Waals surface area (Å²) in [7, 11) is -3.19. The van der Waals surface area contributed by atoms with Crippen LogP contribution in [-0.2, 0) is 19.4 Å². The Morgan fingerprint density at radius 3 is 2.10 bits per heavy atom. The third kappa shape index (κ3) is 2.97. The molecule has 20 heavy (non-hydrogen) atoms. The van der Waals surface area contributed by atoms with E-state index in [-0.39, 0.29) is 24.1 Å². The molecule has 0 saturated carbocycles. The Labute approximate surface area is 120 Å². The summed E-state index contributed by atoms with van der Waals surface area (Å²) in [5, 5.41) is 2.78. The summed E-state index contributed by atoms with van der Waals surface area (Å²) in [6, 6.07) is 0. The molecule has 6 nitrogen and oxygen atoms in total. The molecule has 1 N–H and O–H groups in total. The topological polar surface area (TPSA) is 83.6 Å². The van der Waals surface area contributed by atoms with Crippen molar-refractivity contribution in [2.75, 3.05) is 18.6 Å². The zero-order valence-corrected chi connectivity index (χ0v) is 13.6. The monoisotopic (exact) mass is 304 g/mol. The largest absolute Gasteiger partial charge is 0.340 e. The predicted octanol–water partition coefficient (Wildman–Crippen LogP) is 0.327. The average Bonchev–Trinajstić information content (AvgIpc) is 2.35. The van der Waals surface area contributed by atoms with Crippen LogP contribution in [-0.4, -0.2) is 54.8 Å². The molecule has 1 rings (SSSR count). The minimum absolute atomic E-state index is 0.0466. The van der Waals surface area contributed by atoms with Crippen LogP contribution in [0.25, 0.3) is 0 Å². The van der Waals surface area contributed by atoms with Crippen molar-refractivity contribution in [3.05, 3.63) is 0 Å². The second-order valence-corrected chi connectivity index (χ2v) is 8.11. The quantitative estimate of drug-likeness (QED) is 0.793. The maximum atomic E-state index is 12.6. The molecule has 0 aromatic carbocycles. The molecule has 1 fully saturated rings. The second-order valence-electron chi connectivity index (χ2n) is 5.85. The number of nitrogens with one attached hydrogen (secondary N) is 1. The van der Waals surface area contributed by atoms with Crippen molar-refractivity contribution >= 4 is 21.7 Å². The van der Waals surface area contributed by atoms with Gasteiger partial charge in [0.2, 0.25) is 11.8 Å². The molecule has 1 heterocycles. The first kappa shape index (κ1) is 16.9. The van der Waals surface area contributed by atoms with Gasteiger partial charge in [0.25, 0.3) is 0 Å². The maximum Gasteiger partial charge on any atom is 0.248 e. The third-order valence-electron chi connectivity index (χ3n) is 4.27. The second kappa shape index (κ2) is 5.35. The highest BCUT2D eigenvalue weighted by Crippen LogP contribution is 2.30.